The first-order valence-electron chi connectivity index (χ1n) is 11.9. The minimum atomic E-state index is -0.489. The molecule has 1 saturated carbocycles. The number of hydrogen-bond acceptors (Lipinski definition) is 6. The highest BCUT2D eigenvalue weighted by molar-refractivity contribution is 8.00. The van der Waals surface area contributed by atoms with Crippen LogP contribution in [0.3, 0.4) is 0 Å². The van der Waals surface area contributed by atoms with Crippen LogP contribution in [0, 0.1) is 5.92 Å². The number of nitrogens with zero attached hydrogens (tertiary/aromatic N) is 3. The fourth-order valence-electron chi connectivity index (χ4n) is 4.37. The molecule has 35 heavy (non-hydrogen) atoms. The van der Waals surface area contributed by atoms with Crippen molar-refractivity contribution >= 4 is 23.6 Å². The lowest BCUT2D eigenvalue weighted by Crippen LogP contribution is -2.45. The predicted molar refractivity (Wildman–Crippen MR) is 136 cm³/mol. The first kappa shape index (κ1) is 24.8. The highest BCUT2D eigenvalue weighted by Crippen LogP contribution is 2.39. The van der Waals surface area contributed by atoms with Gasteiger partial charge >= 0.3 is 0 Å². The highest BCUT2D eigenvalue weighted by Gasteiger charge is 2.30. The summed E-state index contributed by atoms with van der Waals surface area (Å²) >= 11 is 1.35. The Morgan fingerprint density at radius 2 is 1.74 bits per heavy atom. The van der Waals surface area contributed by atoms with Crippen molar-refractivity contribution in [1.29, 1.82) is 0 Å². The van der Waals surface area contributed by atoms with Crippen LogP contribution in [0.5, 0.6) is 5.75 Å². The monoisotopic (exact) mass is 493 g/mol. The Kier molecular flexibility index (Phi) is 8.07. The molecule has 0 aliphatic heterocycles. The molecule has 2 N–H and O–H groups in total. The Balaban J connectivity index is 1.52. The standard InChI is InChI=1S/C26H31N5O3S/c1-17-9-7-8-12-22(17)31-23(19-13-15-21(34-3)16-14-19)27-30-26(31)35-18(2)24(32)28-29-25(33)20-10-5-4-6-11-20/h4-6,10-11,13-18,22H,7-9,12H2,1-3H3,(H,28,32)(H,29,33)/t17-,18-,22+/m1/s1. The van der Waals surface area contributed by atoms with E-state index in [1.165, 1.54) is 18.2 Å². The van der Waals surface area contributed by atoms with Gasteiger partial charge in [0.2, 0.25) is 0 Å². The van der Waals surface area contributed by atoms with Crippen LogP contribution in [0.15, 0.2) is 59.8 Å². The van der Waals surface area contributed by atoms with Gasteiger partial charge in [-0.25, -0.2) is 0 Å². The molecule has 1 heterocycles. The van der Waals surface area contributed by atoms with E-state index in [0.29, 0.717) is 16.6 Å². The number of thioether (sulfide) groups is 1. The Hall–Kier alpha value is -3.33. The van der Waals surface area contributed by atoms with Crippen LogP contribution in [0.4, 0.5) is 0 Å². The molecule has 4 rings (SSSR count). The maximum atomic E-state index is 12.8. The largest absolute Gasteiger partial charge is 0.497 e. The zero-order chi connectivity index (χ0) is 24.8. The molecular formula is C26H31N5O3S. The average Bonchev–Trinajstić information content (AvgIpc) is 3.30. The molecule has 2 aromatic carbocycles. The summed E-state index contributed by atoms with van der Waals surface area (Å²) in [5.41, 5.74) is 6.44. The van der Waals surface area contributed by atoms with Gasteiger partial charge in [0.05, 0.1) is 12.4 Å². The van der Waals surface area contributed by atoms with Gasteiger partial charge in [-0.2, -0.15) is 0 Å². The third-order valence-electron chi connectivity index (χ3n) is 6.40. The molecule has 9 heteroatoms. The van der Waals surface area contributed by atoms with Gasteiger partial charge in [-0.05, 0) is 62.1 Å². The molecule has 3 atom stereocenters. The third kappa shape index (κ3) is 5.85. The number of nitrogens with one attached hydrogen (secondary N) is 2. The molecule has 3 aromatic rings. The Labute approximate surface area is 209 Å². The van der Waals surface area contributed by atoms with Gasteiger partial charge in [0.25, 0.3) is 11.8 Å². The molecule has 8 nitrogen and oxygen atoms in total. The third-order valence-corrected chi connectivity index (χ3v) is 7.45. The number of methoxy groups -OCH3 is 1. The van der Waals surface area contributed by atoms with Gasteiger partial charge < -0.3 is 4.74 Å². The van der Waals surface area contributed by atoms with Crippen molar-refractivity contribution in [3.05, 3.63) is 60.2 Å². The summed E-state index contributed by atoms with van der Waals surface area (Å²) in [5.74, 6) is 1.38. The molecule has 184 valence electrons. The van der Waals surface area contributed by atoms with Gasteiger partial charge in [-0.15, -0.1) is 10.2 Å². The van der Waals surface area contributed by atoms with Crippen molar-refractivity contribution in [2.24, 2.45) is 5.92 Å². The van der Waals surface area contributed by atoms with E-state index in [4.69, 9.17) is 4.74 Å². The quantitative estimate of drug-likeness (QED) is 0.367. The highest BCUT2D eigenvalue weighted by atomic mass is 32.2. The second kappa shape index (κ2) is 11.4. The number of aromatic nitrogens is 3. The first-order chi connectivity index (χ1) is 17.0. The molecule has 0 radical (unpaired) electrons. The van der Waals surface area contributed by atoms with E-state index in [-0.39, 0.29) is 17.9 Å². The van der Waals surface area contributed by atoms with Gasteiger partial charge in [0.15, 0.2) is 11.0 Å². The normalized spacial score (nSPS) is 18.5. The topological polar surface area (TPSA) is 98.1 Å². The van der Waals surface area contributed by atoms with Crippen molar-refractivity contribution in [3.8, 4) is 17.1 Å². The second-order valence-corrected chi connectivity index (χ2v) is 10.1. The number of benzene rings is 2. The molecule has 1 fully saturated rings. The summed E-state index contributed by atoms with van der Waals surface area (Å²) in [6.07, 6.45) is 4.57. The van der Waals surface area contributed by atoms with E-state index in [1.54, 1.807) is 38.3 Å². The fraction of sp³-hybridized carbons (Fsp3) is 0.385. The number of rotatable bonds is 7. The lowest BCUT2D eigenvalue weighted by Gasteiger charge is -2.31. The van der Waals surface area contributed by atoms with Crippen LogP contribution in [0.25, 0.3) is 11.4 Å². The van der Waals surface area contributed by atoms with Crippen molar-refractivity contribution < 1.29 is 14.3 Å². The summed E-state index contributed by atoms with van der Waals surface area (Å²) in [4.78, 5) is 25.0. The number of amides is 2. The van der Waals surface area contributed by atoms with Crippen molar-refractivity contribution in [1.82, 2.24) is 25.6 Å². The minimum Gasteiger partial charge on any atom is -0.497 e. The molecule has 0 bridgehead atoms. The van der Waals surface area contributed by atoms with Gasteiger partial charge in [0, 0.05) is 17.2 Å². The van der Waals surface area contributed by atoms with Crippen LogP contribution >= 0.6 is 11.8 Å². The van der Waals surface area contributed by atoms with E-state index in [0.717, 1.165) is 36.4 Å². The van der Waals surface area contributed by atoms with Crippen LogP contribution < -0.4 is 15.6 Å². The van der Waals surface area contributed by atoms with E-state index >= 15 is 0 Å². The lowest BCUT2D eigenvalue weighted by atomic mass is 9.85. The molecule has 1 aliphatic carbocycles. The molecule has 2 amide bonds. The summed E-state index contributed by atoms with van der Waals surface area (Å²) < 4.78 is 7.50. The SMILES string of the molecule is COc1ccc(-c2nnc(S[C@H](C)C(=O)NNC(=O)c3ccccc3)n2[C@H]2CCCC[C@H]2C)cc1. The number of ether oxygens (including phenoxy) is 1. The van der Waals surface area contributed by atoms with E-state index in [2.05, 4.69) is 32.5 Å². The summed E-state index contributed by atoms with van der Waals surface area (Å²) in [6.45, 7) is 4.07. The smallest absolute Gasteiger partial charge is 0.269 e. The number of carbonyl (C=O) groups excluding carboxylic acids is 2. The Morgan fingerprint density at radius 3 is 2.43 bits per heavy atom. The Bertz CT molecular complexity index is 1150. The predicted octanol–water partition coefficient (Wildman–Crippen LogP) is 4.65. The van der Waals surface area contributed by atoms with E-state index in [1.807, 2.05) is 30.3 Å². The van der Waals surface area contributed by atoms with Gasteiger partial charge in [0.1, 0.15) is 5.75 Å². The van der Waals surface area contributed by atoms with Crippen molar-refractivity contribution in [2.75, 3.05) is 7.11 Å². The minimum absolute atomic E-state index is 0.256. The summed E-state index contributed by atoms with van der Waals surface area (Å²) in [6, 6.07) is 16.8. The van der Waals surface area contributed by atoms with E-state index in [9.17, 15) is 9.59 Å². The van der Waals surface area contributed by atoms with E-state index < -0.39 is 5.25 Å². The summed E-state index contributed by atoms with van der Waals surface area (Å²) in [7, 11) is 1.64. The second-order valence-electron chi connectivity index (χ2n) is 8.80. The molecule has 1 aliphatic rings. The molecule has 1 aromatic heterocycles. The Morgan fingerprint density at radius 1 is 1.03 bits per heavy atom. The maximum Gasteiger partial charge on any atom is 0.269 e. The van der Waals surface area contributed by atoms with Gasteiger partial charge in [-0.1, -0.05) is 49.7 Å². The summed E-state index contributed by atoms with van der Waals surface area (Å²) in [5, 5.41) is 9.23. The van der Waals surface area contributed by atoms with Crippen molar-refractivity contribution in [2.45, 2.75) is 56.0 Å². The van der Waals surface area contributed by atoms with Gasteiger partial charge in [-0.3, -0.25) is 25.0 Å². The van der Waals surface area contributed by atoms with Crippen LogP contribution in [0.1, 0.15) is 55.9 Å². The number of hydrogen-bond donors (Lipinski definition) is 2. The fourth-order valence-corrected chi connectivity index (χ4v) is 5.27. The number of hydrazine groups is 1. The number of carbonyl (C=O) groups is 2. The lowest BCUT2D eigenvalue weighted by molar-refractivity contribution is -0.121. The van der Waals surface area contributed by atoms with Crippen molar-refractivity contribution in [3.63, 3.8) is 0 Å². The first-order valence-corrected chi connectivity index (χ1v) is 12.8. The van der Waals surface area contributed by atoms with Crippen LogP contribution in [0.2, 0.25) is 0 Å². The maximum absolute atomic E-state index is 12.8. The zero-order valence-electron chi connectivity index (χ0n) is 20.2. The average molecular weight is 494 g/mol. The molecule has 0 saturated heterocycles. The molecule has 0 spiro atoms. The molecular weight excluding hydrogens is 462 g/mol. The van der Waals surface area contributed by atoms with Crippen LogP contribution in [-0.2, 0) is 4.79 Å². The van der Waals surface area contributed by atoms with Crippen LogP contribution in [-0.4, -0.2) is 38.9 Å². The zero-order valence-corrected chi connectivity index (χ0v) is 21.0. The molecule has 0 unspecified atom stereocenters.